The Kier molecular flexibility index (Phi) is 4.30. The molecule has 0 aliphatic heterocycles. The van der Waals surface area contributed by atoms with Gasteiger partial charge in [-0.15, -0.1) is 5.10 Å². The Morgan fingerprint density at radius 1 is 1.56 bits per heavy atom. The number of hydrogen-bond acceptors (Lipinski definition) is 4. The van der Waals surface area contributed by atoms with E-state index in [0.29, 0.717) is 11.7 Å². The maximum atomic E-state index is 12.0. The van der Waals surface area contributed by atoms with Gasteiger partial charge in [0.05, 0.1) is 12.8 Å². The van der Waals surface area contributed by atoms with Crippen LogP contribution in [0.1, 0.15) is 50.8 Å². The fraction of sp³-hybridized carbons (Fsp3) is 0.750. The van der Waals surface area contributed by atoms with Crippen LogP contribution in [0.2, 0.25) is 0 Å². The highest BCUT2D eigenvalue weighted by molar-refractivity contribution is 5.80. The van der Waals surface area contributed by atoms with Gasteiger partial charge in [-0.25, -0.2) is 4.68 Å². The van der Waals surface area contributed by atoms with Gasteiger partial charge in [0.2, 0.25) is 5.91 Å². The summed E-state index contributed by atoms with van der Waals surface area (Å²) in [4.78, 5) is 12.0. The van der Waals surface area contributed by atoms with Crippen LogP contribution in [0.15, 0.2) is 6.20 Å². The first-order valence-electron chi connectivity index (χ1n) is 6.52. The van der Waals surface area contributed by atoms with Crippen LogP contribution in [-0.4, -0.2) is 32.0 Å². The molecular weight excluding hydrogens is 232 g/mol. The molecule has 1 amide bonds. The Labute approximate surface area is 106 Å². The van der Waals surface area contributed by atoms with E-state index < -0.39 is 0 Å². The van der Waals surface area contributed by atoms with Crippen molar-refractivity contribution in [3.05, 3.63) is 11.9 Å². The van der Waals surface area contributed by atoms with Crippen LogP contribution >= 0.6 is 0 Å². The Morgan fingerprint density at radius 3 is 2.89 bits per heavy atom. The first kappa shape index (κ1) is 13.0. The van der Waals surface area contributed by atoms with Crippen molar-refractivity contribution in [2.24, 2.45) is 0 Å². The van der Waals surface area contributed by atoms with Crippen molar-refractivity contribution in [2.45, 2.75) is 57.7 Å². The number of carbonyl (C=O) groups is 1. The molecule has 1 aliphatic carbocycles. The van der Waals surface area contributed by atoms with E-state index in [1.165, 1.54) is 23.9 Å². The molecule has 1 aliphatic rings. The van der Waals surface area contributed by atoms with E-state index in [4.69, 9.17) is 5.11 Å². The summed E-state index contributed by atoms with van der Waals surface area (Å²) in [5.41, 5.74) is 0.479. The zero-order valence-corrected chi connectivity index (χ0v) is 10.7. The summed E-state index contributed by atoms with van der Waals surface area (Å²) < 4.78 is 1.49. The number of carbonyl (C=O) groups excluding carboxylic acids is 1. The Morgan fingerprint density at radius 2 is 2.28 bits per heavy atom. The molecule has 1 atom stereocenters. The molecule has 2 rings (SSSR count). The second-order valence-corrected chi connectivity index (χ2v) is 4.87. The average Bonchev–Trinajstić information content (AvgIpc) is 2.87. The van der Waals surface area contributed by atoms with Crippen LogP contribution in [-0.2, 0) is 11.4 Å². The van der Waals surface area contributed by atoms with Crippen LogP contribution in [0.5, 0.6) is 0 Å². The number of nitrogens with one attached hydrogen (secondary N) is 1. The van der Waals surface area contributed by atoms with Gasteiger partial charge in [0.1, 0.15) is 11.7 Å². The van der Waals surface area contributed by atoms with Crippen molar-refractivity contribution in [3.63, 3.8) is 0 Å². The number of aromatic nitrogens is 3. The van der Waals surface area contributed by atoms with E-state index in [2.05, 4.69) is 15.6 Å². The molecule has 6 heteroatoms. The fourth-order valence-electron chi connectivity index (χ4n) is 2.26. The fourth-order valence-corrected chi connectivity index (χ4v) is 2.26. The zero-order chi connectivity index (χ0) is 13.0. The van der Waals surface area contributed by atoms with Crippen molar-refractivity contribution >= 4 is 5.91 Å². The molecule has 0 aromatic carbocycles. The highest BCUT2D eigenvalue weighted by Gasteiger charge is 2.21. The van der Waals surface area contributed by atoms with Crippen LogP contribution < -0.4 is 5.32 Å². The maximum Gasteiger partial charge on any atom is 0.244 e. The standard InChI is InChI=1S/C12H20N4O2/c1-9(16-7-11(8-17)14-15-16)12(18)13-10-5-3-2-4-6-10/h7,9-10,17H,2-6,8H2,1H3,(H,13,18). The number of hydrogen-bond donors (Lipinski definition) is 2. The quantitative estimate of drug-likeness (QED) is 0.830. The summed E-state index contributed by atoms with van der Waals surface area (Å²) in [6.45, 7) is 1.63. The minimum absolute atomic E-state index is 0.0312. The number of aliphatic hydroxyl groups excluding tert-OH is 1. The second-order valence-electron chi connectivity index (χ2n) is 4.87. The summed E-state index contributed by atoms with van der Waals surface area (Å²) in [5, 5.41) is 19.6. The van der Waals surface area contributed by atoms with Gasteiger partial charge in [-0.2, -0.15) is 0 Å². The molecule has 1 aromatic rings. The lowest BCUT2D eigenvalue weighted by Crippen LogP contribution is -2.40. The van der Waals surface area contributed by atoms with E-state index in [1.807, 2.05) is 0 Å². The average molecular weight is 252 g/mol. The predicted octanol–water partition coefficient (Wildman–Crippen LogP) is 0.780. The van der Waals surface area contributed by atoms with E-state index in [-0.39, 0.29) is 18.6 Å². The minimum Gasteiger partial charge on any atom is -0.390 e. The van der Waals surface area contributed by atoms with Crippen LogP contribution in [0.3, 0.4) is 0 Å². The number of amides is 1. The molecule has 1 fully saturated rings. The van der Waals surface area contributed by atoms with Crippen molar-refractivity contribution in [1.29, 1.82) is 0 Å². The van der Waals surface area contributed by atoms with E-state index in [9.17, 15) is 4.79 Å². The summed E-state index contributed by atoms with van der Waals surface area (Å²) in [7, 11) is 0. The van der Waals surface area contributed by atoms with Gasteiger partial charge in [0.15, 0.2) is 0 Å². The van der Waals surface area contributed by atoms with Gasteiger partial charge in [-0.1, -0.05) is 24.5 Å². The number of rotatable bonds is 4. The lowest BCUT2D eigenvalue weighted by Gasteiger charge is -2.24. The lowest BCUT2D eigenvalue weighted by atomic mass is 9.95. The third-order valence-electron chi connectivity index (χ3n) is 3.45. The van der Waals surface area contributed by atoms with Gasteiger partial charge >= 0.3 is 0 Å². The maximum absolute atomic E-state index is 12.0. The number of aliphatic hydroxyl groups is 1. The first-order chi connectivity index (χ1) is 8.70. The number of nitrogens with zero attached hydrogens (tertiary/aromatic N) is 3. The predicted molar refractivity (Wildman–Crippen MR) is 65.7 cm³/mol. The summed E-state index contributed by atoms with van der Waals surface area (Å²) >= 11 is 0. The molecule has 0 saturated heterocycles. The highest BCUT2D eigenvalue weighted by Crippen LogP contribution is 2.18. The van der Waals surface area contributed by atoms with E-state index >= 15 is 0 Å². The summed E-state index contributed by atoms with van der Waals surface area (Å²) in [6.07, 6.45) is 7.39. The molecule has 0 bridgehead atoms. The van der Waals surface area contributed by atoms with Gasteiger partial charge in [-0.05, 0) is 19.8 Å². The largest absolute Gasteiger partial charge is 0.390 e. The summed E-state index contributed by atoms with van der Waals surface area (Å²) in [5.74, 6) is -0.0312. The van der Waals surface area contributed by atoms with Crippen molar-refractivity contribution in [3.8, 4) is 0 Å². The third-order valence-corrected chi connectivity index (χ3v) is 3.45. The van der Waals surface area contributed by atoms with Crippen molar-refractivity contribution < 1.29 is 9.90 Å². The van der Waals surface area contributed by atoms with Crippen molar-refractivity contribution in [1.82, 2.24) is 20.3 Å². The molecule has 100 valence electrons. The lowest BCUT2D eigenvalue weighted by molar-refractivity contribution is -0.125. The van der Waals surface area contributed by atoms with Gasteiger partial charge < -0.3 is 10.4 Å². The minimum atomic E-state index is -0.389. The molecule has 0 spiro atoms. The van der Waals surface area contributed by atoms with Gasteiger partial charge in [0.25, 0.3) is 0 Å². The second kappa shape index (κ2) is 5.95. The molecule has 1 saturated carbocycles. The monoisotopic (exact) mass is 252 g/mol. The normalized spacial score (nSPS) is 18.6. The molecule has 6 nitrogen and oxygen atoms in total. The first-order valence-corrected chi connectivity index (χ1v) is 6.52. The van der Waals surface area contributed by atoms with Gasteiger partial charge in [-0.3, -0.25) is 4.79 Å². The zero-order valence-electron chi connectivity index (χ0n) is 10.7. The smallest absolute Gasteiger partial charge is 0.244 e. The Balaban J connectivity index is 1.91. The van der Waals surface area contributed by atoms with Crippen LogP contribution in [0, 0.1) is 0 Å². The van der Waals surface area contributed by atoms with Crippen LogP contribution in [0.4, 0.5) is 0 Å². The molecular formula is C12H20N4O2. The molecule has 1 heterocycles. The van der Waals surface area contributed by atoms with E-state index in [1.54, 1.807) is 13.1 Å². The van der Waals surface area contributed by atoms with Gasteiger partial charge in [0, 0.05) is 6.04 Å². The molecule has 18 heavy (non-hydrogen) atoms. The molecule has 2 N–H and O–H groups in total. The van der Waals surface area contributed by atoms with E-state index in [0.717, 1.165) is 12.8 Å². The molecule has 1 aromatic heterocycles. The molecule has 0 radical (unpaired) electrons. The summed E-state index contributed by atoms with van der Waals surface area (Å²) in [6, 6.07) is -0.0886. The highest BCUT2D eigenvalue weighted by atomic mass is 16.3. The topological polar surface area (TPSA) is 80.0 Å². The Bertz CT molecular complexity index is 399. The Hall–Kier alpha value is -1.43. The van der Waals surface area contributed by atoms with Crippen LogP contribution in [0.25, 0.3) is 0 Å². The third kappa shape index (κ3) is 3.07. The SMILES string of the molecule is CC(C(=O)NC1CCCCC1)n1cc(CO)nn1. The molecule has 1 unspecified atom stereocenters. The van der Waals surface area contributed by atoms with Crippen molar-refractivity contribution in [2.75, 3.05) is 0 Å².